The van der Waals surface area contributed by atoms with Crippen molar-refractivity contribution in [1.82, 2.24) is 0 Å². The van der Waals surface area contributed by atoms with Gasteiger partial charge in [-0.25, -0.2) is 4.39 Å². The first-order valence-electron chi connectivity index (χ1n) is 4.91. The summed E-state index contributed by atoms with van der Waals surface area (Å²) in [5.41, 5.74) is 0.247. The lowest BCUT2D eigenvalue weighted by Crippen LogP contribution is -2.43. The normalized spacial score (nSPS) is 23.7. The Labute approximate surface area is 96.8 Å². The van der Waals surface area contributed by atoms with Crippen molar-refractivity contribution in [3.8, 4) is 0 Å². The van der Waals surface area contributed by atoms with Gasteiger partial charge in [0.05, 0.1) is 0 Å². The predicted molar refractivity (Wildman–Crippen MR) is 60.2 cm³/mol. The van der Waals surface area contributed by atoms with Crippen LogP contribution in [0.5, 0.6) is 0 Å². The van der Waals surface area contributed by atoms with Crippen LogP contribution in [0, 0.1) is 11.2 Å². The Bertz CT molecular complexity index is 426. The number of benzene rings is 1. The summed E-state index contributed by atoms with van der Waals surface area (Å²) in [5, 5.41) is 0. The van der Waals surface area contributed by atoms with Crippen LogP contribution in [0.1, 0.15) is 31.7 Å². The fourth-order valence-electron chi connectivity index (χ4n) is 2.05. The van der Waals surface area contributed by atoms with E-state index < -0.39 is 5.41 Å². The lowest BCUT2D eigenvalue weighted by molar-refractivity contribution is -0.138. The van der Waals surface area contributed by atoms with E-state index in [9.17, 15) is 9.18 Å². The molecule has 0 aliphatic heterocycles. The van der Waals surface area contributed by atoms with Crippen LogP contribution in [0.3, 0.4) is 0 Å². The SMILES string of the molecule is CC1(C)C(=O)CC1c1ccc(Br)cc1F. The molecule has 0 aromatic heterocycles. The van der Waals surface area contributed by atoms with Crippen LogP contribution in [0.4, 0.5) is 4.39 Å². The third kappa shape index (κ3) is 1.63. The van der Waals surface area contributed by atoms with Gasteiger partial charge in [-0.3, -0.25) is 4.79 Å². The van der Waals surface area contributed by atoms with Gasteiger partial charge in [0.1, 0.15) is 11.6 Å². The van der Waals surface area contributed by atoms with Crippen molar-refractivity contribution in [3.63, 3.8) is 0 Å². The smallest absolute Gasteiger partial charge is 0.139 e. The molecule has 1 aliphatic carbocycles. The number of hydrogen-bond donors (Lipinski definition) is 0. The maximum atomic E-state index is 13.7. The Hall–Kier alpha value is -0.700. The summed E-state index contributed by atoms with van der Waals surface area (Å²) in [6.45, 7) is 3.76. The van der Waals surface area contributed by atoms with E-state index >= 15 is 0 Å². The Morgan fingerprint density at radius 1 is 1.47 bits per heavy atom. The fraction of sp³-hybridized carbons (Fsp3) is 0.417. The number of Topliss-reactive ketones (excluding diaryl/α,β-unsaturated/α-hetero) is 1. The zero-order valence-corrected chi connectivity index (χ0v) is 10.3. The van der Waals surface area contributed by atoms with Crippen molar-refractivity contribution in [2.24, 2.45) is 5.41 Å². The molecule has 1 atom stereocenters. The number of carbonyl (C=O) groups excluding carboxylic acids is 1. The maximum absolute atomic E-state index is 13.7. The molecule has 3 heteroatoms. The molecular formula is C12H12BrFO. The predicted octanol–water partition coefficient (Wildman–Crippen LogP) is 3.67. The van der Waals surface area contributed by atoms with Crippen LogP contribution in [-0.2, 0) is 4.79 Å². The number of rotatable bonds is 1. The summed E-state index contributed by atoms with van der Waals surface area (Å²) in [5.74, 6) is 0.0165. The van der Waals surface area contributed by atoms with Crippen LogP contribution in [0.15, 0.2) is 22.7 Å². The van der Waals surface area contributed by atoms with Crippen LogP contribution < -0.4 is 0 Å². The Kier molecular flexibility index (Phi) is 2.45. The van der Waals surface area contributed by atoms with E-state index in [-0.39, 0.29) is 17.5 Å². The van der Waals surface area contributed by atoms with E-state index in [1.807, 2.05) is 19.9 Å². The quantitative estimate of drug-likeness (QED) is 0.761. The van der Waals surface area contributed by atoms with Gasteiger partial charge in [0.15, 0.2) is 0 Å². The van der Waals surface area contributed by atoms with Gasteiger partial charge in [-0.05, 0) is 17.7 Å². The second-order valence-electron chi connectivity index (χ2n) is 4.57. The second-order valence-corrected chi connectivity index (χ2v) is 5.48. The molecule has 0 saturated heterocycles. The Morgan fingerprint density at radius 2 is 2.13 bits per heavy atom. The minimum atomic E-state index is -0.408. The van der Waals surface area contributed by atoms with Crippen molar-refractivity contribution in [3.05, 3.63) is 34.1 Å². The Morgan fingerprint density at radius 3 is 2.60 bits per heavy atom. The first-order valence-corrected chi connectivity index (χ1v) is 5.70. The van der Waals surface area contributed by atoms with Gasteiger partial charge in [0.2, 0.25) is 0 Å². The van der Waals surface area contributed by atoms with Crippen LogP contribution >= 0.6 is 15.9 Å². The highest BCUT2D eigenvalue weighted by atomic mass is 79.9. The highest BCUT2D eigenvalue weighted by Gasteiger charge is 2.48. The van der Waals surface area contributed by atoms with E-state index in [1.165, 1.54) is 6.07 Å². The molecule has 1 nitrogen and oxygen atoms in total. The zero-order valence-electron chi connectivity index (χ0n) is 8.68. The summed E-state index contributed by atoms with van der Waals surface area (Å²) >= 11 is 3.22. The molecule has 1 unspecified atom stereocenters. The van der Waals surface area contributed by atoms with Crippen molar-refractivity contribution >= 4 is 21.7 Å². The van der Waals surface area contributed by atoms with Crippen molar-refractivity contribution in [2.75, 3.05) is 0 Å². The molecule has 1 aromatic rings. The first-order chi connectivity index (χ1) is 6.93. The van der Waals surface area contributed by atoms with Gasteiger partial charge in [-0.2, -0.15) is 0 Å². The van der Waals surface area contributed by atoms with E-state index in [4.69, 9.17) is 0 Å². The Balaban J connectivity index is 2.36. The topological polar surface area (TPSA) is 17.1 Å². The average Bonchev–Trinajstić information content (AvgIpc) is 2.15. The third-order valence-electron chi connectivity index (χ3n) is 3.32. The molecule has 1 saturated carbocycles. The highest BCUT2D eigenvalue weighted by Crippen LogP contribution is 2.50. The molecule has 15 heavy (non-hydrogen) atoms. The van der Waals surface area contributed by atoms with E-state index in [1.54, 1.807) is 6.07 Å². The second kappa shape index (κ2) is 3.41. The minimum Gasteiger partial charge on any atom is -0.299 e. The molecular weight excluding hydrogens is 259 g/mol. The summed E-state index contributed by atoms with van der Waals surface area (Å²) in [4.78, 5) is 11.4. The van der Waals surface area contributed by atoms with E-state index in [0.717, 1.165) is 4.47 Å². The molecule has 1 aliphatic rings. The molecule has 0 radical (unpaired) electrons. The van der Waals surface area contributed by atoms with Gasteiger partial charge in [0.25, 0.3) is 0 Å². The van der Waals surface area contributed by atoms with Gasteiger partial charge < -0.3 is 0 Å². The van der Waals surface area contributed by atoms with Gasteiger partial charge >= 0.3 is 0 Å². The number of hydrogen-bond acceptors (Lipinski definition) is 1. The van der Waals surface area contributed by atoms with Crippen LogP contribution in [0.25, 0.3) is 0 Å². The monoisotopic (exact) mass is 270 g/mol. The molecule has 1 aromatic carbocycles. The summed E-state index contributed by atoms with van der Waals surface area (Å²) in [7, 11) is 0. The highest BCUT2D eigenvalue weighted by molar-refractivity contribution is 9.10. The standard InChI is InChI=1S/C12H12BrFO/c1-12(2)9(6-11(12)15)8-4-3-7(13)5-10(8)14/h3-5,9H,6H2,1-2H3. The molecule has 0 heterocycles. The van der Waals surface area contributed by atoms with Gasteiger partial charge in [-0.15, -0.1) is 0 Å². The van der Waals surface area contributed by atoms with E-state index in [2.05, 4.69) is 15.9 Å². The van der Waals surface area contributed by atoms with Crippen molar-refractivity contribution in [2.45, 2.75) is 26.2 Å². The summed E-state index contributed by atoms with van der Waals surface area (Å²) in [6, 6.07) is 5.03. The maximum Gasteiger partial charge on any atom is 0.139 e. The minimum absolute atomic E-state index is 0.0260. The number of ketones is 1. The van der Waals surface area contributed by atoms with Gasteiger partial charge in [0, 0.05) is 22.2 Å². The third-order valence-corrected chi connectivity index (χ3v) is 3.81. The lowest BCUT2D eigenvalue weighted by Gasteiger charge is -2.42. The van der Waals surface area contributed by atoms with Crippen molar-refractivity contribution in [1.29, 1.82) is 0 Å². The van der Waals surface area contributed by atoms with Crippen LogP contribution in [0.2, 0.25) is 0 Å². The number of halogens is 2. The molecule has 0 amide bonds. The molecule has 0 N–H and O–H groups in total. The average molecular weight is 271 g/mol. The molecule has 2 rings (SSSR count). The molecule has 80 valence electrons. The van der Waals surface area contributed by atoms with E-state index in [0.29, 0.717) is 12.0 Å². The number of carbonyl (C=O) groups is 1. The zero-order chi connectivity index (χ0) is 11.2. The first kappa shape index (κ1) is 10.8. The lowest BCUT2D eigenvalue weighted by atomic mass is 9.59. The van der Waals surface area contributed by atoms with Crippen LogP contribution in [-0.4, -0.2) is 5.78 Å². The van der Waals surface area contributed by atoms with Crippen molar-refractivity contribution < 1.29 is 9.18 Å². The largest absolute Gasteiger partial charge is 0.299 e. The molecule has 1 fully saturated rings. The summed E-state index contributed by atoms with van der Waals surface area (Å²) < 4.78 is 14.4. The molecule has 0 bridgehead atoms. The fourth-order valence-corrected chi connectivity index (χ4v) is 2.38. The molecule has 0 spiro atoms. The summed E-state index contributed by atoms with van der Waals surface area (Å²) in [6.07, 6.45) is 0.464. The van der Waals surface area contributed by atoms with Gasteiger partial charge in [-0.1, -0.05) is 35.8 Å².